The Morgan fingerprint density at radius 2 is 1.68 bits per heavy atom. The number of carbonyl (C=O) groups is 2. The Balaban J connectivity index is 1.25. The van der Waals surface area contributed by atoms with Crippen LogP contribution in [0.15, 0.2) is 18.2 Å². The van der Waals surface area contributed by atoms with Crippen LogP contribution in [0.25, 0.3) is 0 Å². The van der Waals surface area contributed by atoms with E-state index in [4.69, 9.17) is 4.74 Å². The van der Waals surface area contributed by atoms with E-state index in [1.807, 2.05) is 32.0 Å². The Hall–Kier alpha value is -1.34. The maximum absolute atomic E-state index is 12.6. The summed E-state index contributed by atoms with van der Waals surface area (Å²) in [6.45, 7) is 3.79. The van der Waals surface area contributed by atoms with Crippen LogP contribution in [0, 0.1) is 31.6 Å². The monoisotopic (exact) mass is 420 g/mol. The number of ether oxygens (including phenoxy) is 1. The van der Waals surface area contributed by atoms with Gasteiger partial charge in [-0.3, -0.25) is 20.4 Å². The molecule has 2 amide bonds. The number of nitrogens with one attached hydrogen (secondary N) is 2. The van der Waals surface area contributed by atoms with Crippen molar-refractivity contribution in [3.63, 3.8) is 0 Å². The first-order chi connectivity index (χ1) is 13.5. The molecule has 3 aliphatic rings. The molecular formula is C21H28N2O3S2. The third kappa shape index (κ3) is 3.75. The van der Waals surface area contributed by atoms with Gasteiger partial charge in [-0.2, -0.15) is 0 Å². The van der Waals surface area contributed by atoms with E-state index in [-0.39, 0.29) is 24.3 Å². The van der Waals surface area contributed by atoms with Crippen molar-refractivity contribution in [1.82, 2.24) is 10.9 Å². The molecule has 2 N–H and O–H groups in total. The van der Waals surface area contributed by atoms with Gasteiger partial charge in [0.25, 0.3) is 5.91 Å². The lowest BCUT2D eigenvalue weighted by Crippen LogP contribution is -2.49. The summed E-state index contributed by atoms with van der Waals surface area (Å²) in [4.78, 5) is 24.7. The van der Waals surface area contributed by atoms with Crippen molar-refractivity contribution in [3.05, 3.63) is 29.3 Å². The summed E-state index contributed by atoms with van der Waals surface area (Å²) in [5.74, 6) is 4.07. The number of carbonyl (C=O) groups excluding carboxylic acids is 2. The molecule has 1 spiro atoms. The van der Waals surface area contributed by atoms with Crippen LogP contribution in [-0.2, 0) is 9.59 Å². The van der Waals surface area contributed by atoms with Crippen molar-refractivity contribution < 1.29 is 14.3 Å². The lowest BCUT2D eigenvalue weighted by atomic mass is 9.79. The van der Waals surface area contributed by atoms with Crippen LogP contribution in [0.4, 0.5) is 0 Å². The molecule has 5 nitrogen and oxygen atoms in total. The third-order valence-corrected chi connectivity index (χ3v) is 10.3. The molecule has 2 saturated carbocycles. The van der Waals surface area contributed by atoms with Crippen LogP contribution in [0.5, 0.6) is 5.75 Å². The molecule has 2 atom stereocenters. The Morgan fingerprint density at radius 1 is 1.07 bits per heavy atom. The summed E-state index contributed by atoms with van der Waals surface area (Å²) in [7, 11) is 0. The van der Waals surface area contributed by atoms with Gasteiger partial charge >= 0.3 is 0 Å². The first-order valence-corrected chi connectivity index (χ1v) is 12.0. The van der Waals surface area contributed by atoms with Gasteiger partial charge in [-0.15, -0.1) is 23.5 Å². The van der Waals surface area contributed by atoms with E-state index < -0.39 is 0 Å². The summed E-state index contributed by atoms with van der Waals surface area (Å²) in [6, 6.07) is 5.86. The highest BCUT2D eigenvalue weighted by molar-refractivity contribution is 8.21. The third-order valence-electron chi connectivity index (χ3n) is 6.33. The highest BCUT2D eigenvalue weighted by Gasteiger charge is 2.57. The molecule has 3 fully saturated rings. The Kier molecular flexibility index (Phi) is 5.83. The number of aryl methyl sites for hydroxylation is 2. The fraction of sp³-hybridized carbons (Fsp3) is 0.619. The summed E-state index contributed by atoms with van der Waals surface area (Å²) < 4.78 is 6.02. The molecule has 1 heterocycles. The predicted molar refractivity (Wildman–Crippen MR) is 114 cm³/mol. The first-order valence-electron chi connectivity index (χ1n) is 10.0. The van der Waals surface area contributed by atoms with Gasteiger partial charge < -0.3 is 4.74 Å². The quantitative estimate of drug-likeness (QED) is 0.731. The standard InChI is InChI=1S/C21H28N2O3S2/c1-13-4-3-5-14(2)19(13)26-12-18(24)22-23-20(25)15-10-16-6-7-17(11-15)21(16)27-8-9-28-21/h3-5,15-17H,6-12H2,1-2H3,(H,22,24)(H,23,25)/t16-,17-/m0/s1. The predicted octanol–water partition coefficient (Wildman–Crippen LogP) is 3.44. The minimum atomic E-state index is -0.340. The van der Waals surface area contributed by atoms with Crippen molar-refractivity contribution >= 4 is 35.3 Å². The Labute approximate surface area is 175 Å². The number of hydrazine groups is 1. The van der Waals surface area contributed by atoms with E-state index in [2.05, 4.69) is 34.4 Å². The lowest BCUT2D eigenvalue weighted by Gasteiger charge is -2.42. The fourth-order valence-electron chi connectivity index (χ4n) is 5.05. The molecule has 0 aromatic heterocycles. The minimum absolute atomic E-state index is 0.00440. The number of rotatable bonds is 4. The van der Waals surface area contributed by atoms with Crippen molar-refractivity contribution in [2.24, 2.45) is 17.8 Å². The van der Waals surface area contributed by atoms with Gasteiger partial charge in [-0.05, 0) is 62.5 Å². The van der Waals surface area contributed by atoms with Gasteiger partial charge in [0.1, 0.15) is 5.75 Å². The largest absolute Gasteiger partial charge is 0.483 e. The van der Waals surface area contributed by atoms with Gasteiger partial charge in [0, 0.05) is 17.4 Å². The fourth-order valence-corrected chi connectivity index (χ4v) is 8.99. The van der Waals surface area contributed by atoms with Crippen LogP contribution in [0.3, 0.4) is 0 Å². The zero-order valence-corrected chi connectivity index (χ0v) is 18.1. The number of hydrogen-bond donors (Lipinski definition) is 2. The number of para-hydroxylation sites is 1. The zero-order chi connectivity index (χ0) is 19.7. The molecule has 0 radical (unpaired) electrons. The van der Waals surface area contributed by atoms with Crippen molar-refractivity contribution in [3.8, 4) is 5.75 Å². The van der Waals surface area contributed by atoms with E-state index in [1.165, 1.54) is 24.3 Å². The van der Waals surface area contributed by atoms with Crippen molar-refractivity contribution in [2.45, 2.75) is 43.6 Å². The van der Waals surface area contributed by atoms with Gasteiger partial charge in [0.15, 0.2) is 6.61 Å². The second-order valence-corrected chi connectivity index (χ2v) is 11.1. The molecule has 4 rings (SSSR count). The summed E-state index contributed by atoms with van der Waals surface area (Å²) in [6.07, 6.45) is 4.36. The summed E-state index contributed by atoms with van der Waals surface area (Å²) >= 11 is 4.26. The van der Waals surface area contributed by atoms with E-state index >= 15 is 0 Å². The molecular weight excluding hydrogens is 392 g/mol. The van der Waals surface area contributed by atoms with Crippen molar-refractivity contribution in [2.75, 3.05) is 18.1 Å². The van der Waals surface area contributed by atoms with Gasteiger partial charge in [-0.1, -0.05) is 18.2 Å². The Morgan fingerprint density at radius 3 is 2.29 bits per heavy atom. The van der Waals surface area contributed by atoms with Crippen LogP contribution in [0.2, 0.25) is 0 Å². The SMILES string of the molecule is Cc1cccc(C)c1OCC(=O)NNC(=O)C1C[C@@H]2CC[C@@H](C1)C21SCCS1. The zero-order valence-electron chi connectivity index (χ0n) is 16.5. The molecule has 1 saturated heterocycles. The van der Waals surface area contributed by atoms with Crippen molar-refractivity contribution in [1.29, 1.82) is 0 Å². The van der Waals surface area contributed by atoms with Crippen LogP contribution >= 0.6 is 23.5 Å². The average molecular weight is 421 g/mol. The topological polar surface area (TPSA) is 67.4 Å². The highest BCUT2D eigenvalue weighted by atomic mass is 32.2. The second-order valence-electron chi connectivity index (χ2n) is 8.10. The first kappa shape index (κ1) is 20.0. The molecule has 2 bridgehead atoms. The Bertz CT molecular complexity index is 728. The lowest BCUT2D eigenvalue weighted by molar-refractivity contribution is -0.133. The molecule has 2 aliphatic carbocycles. The average Bonchev–Trinajstić information content (AvgIpc) is 3.21. The molecule has 1 aromatic carbocycles. The summed E-state index contributed by atoms with van der Waals surface area (Å²) in [5.41, 5.74) is 7.14. The second kappa shape index (κ2) is 8.19. The molecule has 1 aromatic rings. The van der Waals surface area contributed by atoms with Crippen LogP contribution in [0.1, 0.15) is 36.8 Å². The number of hydrogen-bond acceptors (Lipinski definition) is 5. The van der Waals surface area contributed by atoms with Crippen LogP contribution in [-0.4, -0.2) is 34.0 Å². The molecule has 7 heteroatoms. The van der Waals surface area contributed by atoms with E-state index in [9.17, 15) is 9.59 Å². The molecule has 152 valence electrons. The smallest absolute Gasteiger partial charge is 0.276 e. The normalized spacial score (nSPS) is 27.6. The van der Waals surface area contributed by atoms with E-state index in [0.29, 0.717) is 15.9 Å². The number of thioether (sulfide) groups is 2. The molecule has 0 unspecified atom stereocenters. The minimum Gasteiger partial charge on any atom is -0.483 e. The molecule has 28 heavy (non-hydrogen) atoms. The van der Waals surface area contributed by atoms with Gasteiger partial charge in [-0.25, -0.2) is 0 Å². The highest BCUT2D eigenvalue weighted by Crippen LogP contribution is 2.65. The number of amides is 2. The maximum atomic E-state index is 12.6. The number of benzene rings is 1. The van der Waals surface area contributed by atoms with E-state index in [1.54, 1.807) is 0 Å². The van der Waals surface area contributed by atoms with Crippen LogP contribution < -0.4 is 15.6 Å². The maximum Gasteiger partial charge on any atom is 0.276 e. The summed E-state index contributed by atoms with van der Waals surface area (Å²) in [5, 5.41) is 0. The van der Waals surface area contributed by atoms with Gasteiger partial charge in [0.05, 0.1) is 4.08 Å². The van der Waals surface area contributed by atoms with E-state index in [0.717, 1.165) is 29.7 Å². The molecule has 1 aliphatic heterocycles. The van der Waals surface area contributed by atoms with Gasteiger partial charge in [0.2, 0.25) is 5.91 Å².